The second-order valence-corrected chi connectivity index (χ2v) is 3.39. The standard InChI is InChI=1S/C12H16O3/c1-2-3-12(14)15-9-8-10-4-6-11(13)7-5-10/h4-7,13H,2-3,8-9H2,1H3. The minimum absolute atomic E-state index is 0.142. The summed E-state index contributed by atoms with van der Waals surface area (Å²) in [5.41, 5.74) is 1.05. The van der Waals surface area contributed by atoms with Crippen LogP contribution in [0.15, 0.2) is 24.3 Å². The highest BCUT2D eigenvalue weighted by atomic mass is 16.5. The second kappa shape index (κ2) is 6.06. The van der Waals surface area contributed by atoms with Crippen LogP contribution in [0, 0.1) is 0 Å². The Kier molecular flexibility index (Phi) is 4.68. The van der Waals surface area contributed by atoms with Crippen molar-refractivity contribution in [1.29, 1.82) is 0 Å². The van der Waals surface area contributed by atoms with Gasteiger partial charge in [0.05, 0.1) is 6.61 Å². The van der Waals surface area contributed by atoms with Crippen molar-refractivity contribution in [3.8, 4) is 5.75 Å². The monoisotopic (exact) mass is 208 g/mol. The smallest absolute Gasteiger partial charge is 0.305 e. The molecule has 0 aliphatic heterocycles. The summed E-state index contributed by atoms with van der Waals surface area (Å²) < 4.78 is 5.02. The van der Waals surface area contributed by atoms with Crippen molar-refractivity contribution in [2.45, 2.75) is 26.2 Å². The molecular formula is C12H16O3. The Morgan fingerprint density at radius 2 is 2.00 bits per heavy atom. The van der Waals surface area contributed by atoms with Crippen LogP contribution in [0.1, 0.15) is 25.3 Å². The zero-order valence-electron chi connectivity index (χ0n) is 8.90. The molecule has 3 heteroatoms. The van der Waals surface area contributed by atoms with Gasteiger partial charge in [0, 0.05) is 12.8 Å². The molecular weight excluding hydrogens is 192 g/mol. The molecule has 0 saturated carbocycles. The van der Waals surface area contributed by atoms with E-state index in [1.54, 1.807) is 12.1 Å². The maximum Gasteiger partial charge on any atom is 0.305 e. The van der Waals surface area contributed by atoms with E-state index in [0.29, 0.717) is 19.4 Å². The van der Waals surface area contributed by atoms with Crippen LogP contribution in [0.25, 0.3) is 0 Å². The van der Waals surface area contributed by atoms with E-state index in [2.05, 4.69) is 0 Å². The van der Waals surface area contributed by atoms with Crippen LogP contribution >= 0.6 is 0 Å². The number of ether oxygens (including phenoxy) is 1. The first-order valence-corrected chi connectivity index (χ1v) is 5.16. The van der Waals surface area contributed by atoms with Crippen LogP contribution in [-0.4, -0.2) is 17.7 Å². The number of phenols is 1. The van der Waals surface area contributed by atoms with Gasteiger partial charge in [-0.2, -0.15) is 0 Å². The van der Waals surface area contributed by atoms with Gasteiger partial charge in [-0.3, -0.25) is 4.79 Å². The van der Waals surface area contributed by atoms with Crippen molar-refractivity contribution in [2.24, 2.45) is 0 Å². The van der Waals surface area contributed by atoms with Crippen molar-refractivity contribution in [3.63, 3.8) is 0 Å². The molecule has 0 unspecified atom stereocenters. The zero-order chi connectivity index (χ0) is 11.1. The minimum Gasteiger partial charge on any atom is -0.508 e. The SMILES string of the molecule is CCCC(=O)OCCc1ccc(O)cc1. The molecule has 0 aromatic heterocycles. The maximum absolute atomic E-state index is 11.0. The predicted molar refractivity (Wildman–Crippen MR) is 57.7 cm³/mol. The largest absolute Gasteiger partial charge is 0.508 e. The number of carbonyl (C=O) groups is 1. The fraction of sp³-hybridized carbons (Fsp3) is 0.417. The molecule has 0 heterocycles. The summed E-state index contributed by atoms with van der Waals surface area (Å²) in [6, 6.07) is 6.90. The van der Waals surface area contributed by atoms with Crippen LogP contribution in [0.2, 0.25) is 0 Å². The summed E-state index contributed by atoms with van der Waals surface area (Å²) in [6.07, 6.45) is 1.99. The summed E-state index contributed by atoms with van der Waals surface area (Å²) in [6.45, 7) is 2.35. The minimum atomic E-state index is -0.142. The first kappa shape index (κ1) is 11.6. The average Bonchev–Trinajstić information content (AvgIpc) is 2.21. The van der Waals surface area contributed by atoms with E-state index < -0.39 is 0 Å². The molecule has 1 aromatic carbocycles. The van der Waals surface area contributed by atoms with Gasteiger partial charge in [0.1, 0.15) is 5.75 Å². The van der Waals surface area contributed by atoms with Crippen molar-refractivity contribution >= 4 is 5.97 Å². The molecule has 15 heavy (non-hydrogen) atoms. The Morgan fingerprint density at radius 3 is 2.60 bits per heavy atom. The van der Waals surface area contributed by atoms with E-state index in [1.165, 1.54) is 0 Å². The summed E-state index contributed by atoms with van der Waals surface area (Å²) in [5.74, 6) is 0.109. The number of esters is 1. The van der Waals surface area contributed by atoms with Crippen LogP contribution in [0.5, 0.6) is 5.75 Å². The third-order valence-corrected chi connectivity index (χ3v) is 2.04. The van der Waals surface area contributed by atoms with E-state index in [-0.39, 0.29) is 11.7 Å². The molecule has 0 aliphatic carbocycles. The summed E-state index contributed by atoms with van der Waals surface area (Å²) in [5, 5.41) is 9.05. The van der Waals surface area contributed by atoms with Crippen LogP contribution < -0.4 is 0 Å². The predicted octanol–water partition coefficient (Wildman–Crippen LogP) is 2.28. The van der Waals surface area contributed by atoms with Gasteiger partial charge < -0.3 is 9.84 Å². The van der Waals surface area contributed by atoms with Gasteiger partial charge in [-0.25, -0.2) is 0 Å². The molecule has 0 aliphatic rings. The van der Waals surface area contributed by atoms with Crippen molar-refractivity contribution in [3.05, 3.63) is 29.8 Å². The van der Waals surface area contributed by atoms with E-state index >= 15 is 0 Å². The first-order chi connectivity index (χ1) is 7.22. The number of rotatable bonds is 5. The third-order valence-electron chi connectivity index (χ3n) is 2.04. The van der Waals surface area contributed by atoms with Crippen LogP contribution in [0.3, 0.4) is 0 Å². The average molecular weight is 208 g/mol. The molecule has 1 aromatic rings. The van der Waals surface area contributed by atoms with Gasteiger partial charge in [-0.15, -0.1) is 0 Å². The summed E-state index contributed by atoms with van der Waals surface area (Å²) in [4.78, 5) is 11.0. The Balaban J connectivity index is 2.26. The van der Waals surface area contributed by atoms with Gasteiger partial charge in [0.2, 0.25) is 0 Å². The lowest BCUT2D eigenvalue weighted by Gasteiger charge is -2.04. The Morgan fingerprint density at radius 1 is 1.33 bits per heavy atom. The third kappa shape index (κ3) is 4.49. The topological polar surface area (TPSA) is 46.5 Å². The molecule has 0 fully saturated rings. The fourth-order valence-electron chi connectivity index (χ4n) is 1.22. The van der Waals surface area contributed by atoms with Crippen LogP contribution in [-0.2, 0) is 16.0 Å². The van der Waals surface area contributed by atoms with Gasteiger partial charge in [0.15, 0.2) is 0 Å². The Bertz CT molecular complexity index is 303. The maximum atomic E-state index is 11.0. The number of carbonyl (C=O) groups excluding carboxylic acids is 1. The molecule has 0 saturated heterocycles. The molecule has 0 spiro atoms. The lowest BCUT2D eigenvalue weighted by molar-refractivity contribution is -0.143. The van der Waals surface area contributed by atoms with Crippen LogP contribution in [0.4, 0.5) is 0 Å². The van der Waals surface area contributed by atoms with E-state index in [1.807, 2.05) is 19.1 Å². The lowest BCUT2D eigenvalue weighted by atomic mass is 10.1. The normalized spacial score (nSPS) is 9.93. The van der Waals surface area contributed by atoms with Gasteiger partial charge in [0.25, 0.3) is 0 Å². The highest BCUT2D eigenvalue weighted by Crippen LogP contribution is 2.10. The molecule has 0 radical (unpaired) electrons. The van der Waals surface area contributed by atoms with Crippen molar-refractivity contribution in [1.82, 2.24) is 0 Å². The highest BCUT2D eigenvalue weighted by molar-refractivity contribution is 5.69. The molecule has 3 nitrogen and oxygen atoms in total. The number of benzene rings is 1. The Hall–Kier alpha value is -1.51. The zero-order valence-corrected chi connectivity index (χ0v) is 8.90. The summed E-state index contributed by atoms with van der Waals surface area (Å²) >= 11 is 0. The van der Waals surface area contributed by atoms with Gasteiger partial charge in [-0.05, 0) is 24.1 Å². The highest BCUT2D eigenvalue weighted by Gasteiger charge is 2.00. The molecule has 1 N–H and O–H groups in total. The van der Waals surface area contributed by atoms with E-state index in [0.717, 1.165) is 12.0 Å². The number of aromatic hydroxyl groups is 1. The first-order valence-electron chi connectivity index (χ1n) is 5.16. The fourth-order valence-corrected chi connectivity index (χ4v) is 1.22. The number of hydrogen-bond acceptors (Lipinski definition) is 3. The number of phenolic OH excluding ortho intramolecular Hbond substituents is 1. The second-order valence-electron chi connectivity index (χ2n) is 3.39. The molecule has 0 amide bonds. The van der Waals surface area contributed by atoms with Crippen molar-refractivity contribution in [2.75, 3.05) is 6.61 Å². The van der Waals surface area contributed by atoms with Gasteiger partial charge >= 0.3 is 5.97 Å². The van der Waals surface area contributed by atoms with Crippen molar-refractivity contribution < 1.29 is 14.6 Å². The molecule has 1 rings (SSSR count). The Labute approximate surface area is 89.7 Å². The number of hydrogen-bond donors (Lipinski definition) is 1. The molecule has 0 atom stereocenters. The van der Waals surface area contributed by atoms with E-state index in [9.17, 15) is 4.79 Å². The van der Waals surface area contributed by atoms with Gasteiger partial charge in [-0.1, -0.05) is 19.1 Å². The summed E-state index contributed by atoms with van der Waals surface area (Å²) in [7, 11) is 0. The lowest BCUT2D eigenvalue weighted by Crippen LogP contribution is -2.06. The quantitative estimate of drug-likeness (QED) is 0.755. The van der Waals surface area contributed by atoms with E-state index in [4.69, 9.17) is 9.84 Å². The molecule has 0 bridgehead atoms. The molecule has 82 valence electrons.